The number of likely N-dealkylation sites (N-methyl/N-ethyl adjacent to an activating group) is 1. The summed E-state index contributed by atoms with van der Waals surface area (Å²) >= 11 is 0. The second kappa shape index (κ2) is 10.9. The fraction of sp³-hybridized carbons (Fsp3) is 0.393. The van der Waals surface area contributed by atoms with Crippen molar-refractivity contribution in [3.05, 3.63) is 70.9 Å². The normalized spacial score (nSPS) is 19.7. The first-order valence-electron chi connectivity index (χ1n) is 12.2. The topological polar surface area (TPSA) is 82.2 Å². The van der Waals surface area contributed by atoms with E-state index in [0.29, 0.717) is 19.5 Å². The Morgan fingerprint density at radius 1 is 0.886 bits per heavy atom. The lowest BCUT2D eigenvalue weighted by molar-refractivity contribution is -0.128. The molecule has 35 heavy (non-hydrogen) atoms. The summed E-state index contributed by atoms with van der Waals surface area (Å²) in [4.78, 5) is 35.0. The van der Waals surface area contributed by atoms with E-state index in [0.717, 1.165) is 71.8 Å². The molecule has 2 aliphatic rings. The zero-order valence-corrected chi connectivity index (χ0v) is 21.0. The number of aliphatic imine (C=N–C) groups is 1. The van der Waals surface area contributed by atoms with Crippen LogP contribution in [0.4, 0.5) is 0 Å². The molecule has 2 aromatic rings. The van der Waals surface area contributed by atoms with Crippen LogP contribution in [0.25, 0.3) is 11.1 Å². The molecule has 2 aromatic carbocycles. The van der Waals surface area contributed by atoms with Crippen LogP contribution >= 0.6 is 0 Å². The second-order valence-electron chi connectivity index (χ2n) is 9.41. The van der Waals surface area contributed by atoms with Crippen molar-refractivity contribution < 1.29 is 9.59 Å². The molecule has 2 fully saturated rings. The predicted molar refractivity (Wildman–Crippen MR) is 140 cm³/mol. The van der Waals surface area contributed by atoms with E-state index in [1.54, 1.807) is 14.0 Å². The summed E-state index contributed by atoms with van der Waals surface area (Å²) in [7, 11) is 3.87. The Labute approximate surface area is 207 Å². The average molecular weight is 474 g/mol. The number of allylic oxidation sites excluding steroid dienone is 1. The fourth-order valence-electron chi connectivity index (χ4n) is 4.69. The van der Waals surface area contributed by atoms with Gasteiger partial charge in [-0.25, -0.2) is 0 Å². The molecule has 2 heterocycles. The van der Waals surface area contributed by atoms with Crippen LogP contribution in [0, 0.1) is 0 Å². The van der Waals surface area contributed by atoms with E-state index in [4.69, 9.17) is 5.73 Å². The van der Waals surface area contributed by atoms with Crippen molar-refractivity contribution in [3.63, 3.8) is 0 Å². The minimum absolute atomic E-state index is 0.0612. The summed E-state index contributed by atoms with van der Waals surface area (Å²) in [5.74, 6) is 0.163. The standard InChI is InChI=1S/C28H35N5O2/c1-20(34)33-13-12-27(30-2)25(19-33)26(29)18-21-4-6-22(7-5-21)23-8-10-24(11-9-23)28(35)32-16-14-31(3)15-17-32/h4-11H,12-19,29H2,1-3H3. The van der Waals surface area contributed by atoms with Gasteiger partial charge >= 0.3 is 0 Å². The number of carbonyl (C=O) groups excluding carboxylic acids is 2. The SMILES string of the molecule is CN=C1CCN(C(C)=O)CC1=C(N)Cc1ccc(-c2ccc(C(=O)N3CCN(C)CC3)cc2)cc1. The number of likely N-dealkylation sites (tertiary alicyclic amines) is 1. The monoisotopic (exact) mass is 473 g/mol. The Hall–Kier alpha value is -3.45. The number of benzene rings is 2. The van der Waals surface area contributed by atoms with Gasteiger partial charge in [0.25, 0.3) is 5.91 Å². The molecule has 0 radical (unpaired) electrons. The number of nitrogens with zero attached hydrogens (tertiary/aromatic N) is 4. The molecule has 0 atom stereocenters. The van der Waals surface area contributed by atoms with Crippen molar-refractivity contribution >= 4 is 17.5 Å². The maximum atomic E-state index is 12.8. The van der Waals surface area contributed by atoms with Gasteiger partial charge in [0.2, 0.25) is 5.91 Å². The first-order valence-corrected chi connectivity index (χ1v) is 12.2. The zero-order chi connectivity index (χ0) is 24.9. The van der Waals surface area contributed by atoms with Gasteiger partial charge in [0.1, 0.15) is 0 Å². The van der Waals surface area contributed by atoms with Crippen molar-refractivity contribution in [2.24, 2.45) is 10.7 Å². The molecule has 0 spiro atoms. The number of rotatable bonds is 4. The lowest BCUT2D eigenvalue weighted by atomic mass is 9.96. The van der Waals surface area contributed by atoms with Gasteiger partial charge in [0.15, 0.2) is 0 Å². The molecular weight excluding hydrogens is 438 g/mol. The Bertz CT molecular complexity index is 1130. The quantitative estimate of drug-likeness (QED) is 0.740. The second-order valence-corrected chi connectivity index (χ2v) is 9.41. The molecule has 2 aliphatic heterocycles. The van der Waals surface area contributed by atoms with Gasteiger partial charge in [-0.3, -0.25) is 14.6 Å². The lowest BCUT2D eigenvalue weighted by Crippen LogP contribution is -2.47. The first-order chi connectivity index (χ1) is 16.9. The fourth-order valence-corrected chi connectivity index (χ4v) is 4.69. The zero-order valence-electron chi connectivity index (χ0n) is 21.0. The lowest BCUT2D eigenvalue weighted by Gasteiger charge is -2.32. The van der Waals surface area contributed by atoms with E-state index in [2.05, 4.69) is 41.2 Å². The molecule has 184 valence electrons. The third kappa shape index (κ3) is 5.80. The summed E-state index contributed by atoms with van der Waals surface area (Å²) in [6.07, 6.45) is 1.34. The summed E-state index contributed by atoms with van der Waals surface area (Å²) < 4.78 is 0. The highest BCUT2D eigenvalue weighted by molar-refractivity contribution is 6.02. The highest BCUT2D eigenvalue weighted by atomic mass is 16.2. The Morgan fingerprint density at radius 3 is 2.06 bits per heavy atom. The summed E-state index contributed by atoms with van der Waals surface area (Å²) in [5.41, 5.74) is 13.2. The number of hydrogen-bond acceptors (Lipinski definition) is 5. The molecule has 0 saturated carbocycles. The van der Waals surface area contributed by atoms with Gasteiger partial charge < -0.3 is 20.4 Å². The molecule has 4 rings (SSSR count). The molecule has 0 bridgehead atoms. The molecule has 2 saturated heterocycles. The van der Waals surface area contributed by atoms with E-state index < -0.39 is 0 Å². The first kappa shape index (κ1) is 24.7. The molecule has 2 N–H and O–H groups in total. The Morgan fingerprint density at radius 2 is 1.49 bits per heavy atom. The smallest absolute Gasteiger partial charge is 0.253 e. The number of hydrogen-bond donors (Lipinski definition) is 1. The van der Waals surface area contributed by atoms with E-state index in [1.807, 2.05) is 34.1 Å². The van der Waals surface area contributed by atoms with Crippen LogP contribution in [0.2, 0.25) is 0 Å². The van der Waals surface area contributed by atoms with Gasteiger partial charge in [-0.1, -0.05) is 36.4 Å². The number of piperidine rings is 1. The third-order valence-electron chi connectivity index (χ3n) is 7.02. The summed E-state index contributed by atoms with van der Waals surface area (Å²) in [6, 6.07) is 16.2. The highest BCUT2D eigenvalue weighted by Gasteiger charge is 2.23. The largest absolute Gasteiger partial charge is 0.401 e. The predicted octanol–water partition coefficient (Wildman–Crippen LogP) is 2.82. The third-order valence-corrected chi connectivity index (χ3v) is 7.02. The molecular formula is C28H35N5O2. The van der Waals surface area contributed by atoms with E-state index >= 15 is 0 Å². The van der Waals surface area contributed by atoms with Gasteiger partial charge in [-0.05, 0) is 35.9 Å². The van der Waals surface area contributed by atoms with Gasteiger partial charge in [-0.2, -0.15) is 0 Å². The molecule has 0 unspecified atom stereocenters. The van der Waals surface area contributed by atoms with Crippen LogP contribution in [0.3, 0.4) is 0 Å². The maximum absolute atomic E-state index is 12.8. The minimum atomic E-state index is 0.0612. The average Bonchev–Trinajstić information content (AvgIpc) is 2.89. The molecule has 0 aromatic heterocycles. The molecule has 7 nitrogen and oxygen atoms in total. The van der Waals surface area contributed by atoms with Crippen LogP contribution in [0.15, 0.2) is 64.8 Å². The number of piperazine rings is 1. The van der Waals surface area contributed by atoms with Gasteiger partial charge in [0.05, 0.1) is 0 Å². The molecule has 7 heteroatoms. The van der Waals surface area contributed by atoms with Crippen LogP contribution in [-0.4, -0.2) is 85.6 Å². The van der Waals surface area contributed by atoms with Crippen LogP contribution < -0.4 is 5.73 Å². The van der Waals surface area contributed by atoms with E-state index in [9.17, 15) is 9.59 Å². The molecule has 2 amide bonds. The Kier molecular flexibility index (Phi) is 7.66. The highest BCUT2D eigenvalue weighted by Crippen LogP contribution is 2.23. The summed E-state index contributed by atoms with van der Waals surface area (Å²) in [5, 5.41) is 0. The number of amides is 2. The minimum Gasteiger partial charge on any atom is -0.401 e. The molecule has 0 aliphatic carbocycles. The van der Waals surface area contributed by atoms with Gasteiger partial charge in [-0.15, -0.1) is 0 Å². The van der Waals surface area contributed by atoms with Gasteiger partial charge in [0, 0.05) is 88.6 Å². The van der Waals surface area contributed by atoms with Crippen molar-refractivity contribution in [2.75, 3.05) is 53.4 Å². The van der Waals surface area contributed by atoms with Crippen molar-refractivity contribution in [1.29, 1.82) is 0 Å². The Balaban J connectivity index is 1.43. The van der Waals surface area contributed by atoms with Crippen LogP contribution in [0.5, 0.6) is 0 Å². The number of nitrogens with two attached hydrogens (primary N) is 1. The van der Waals surface area contributed by atoms with Crippen molar-refractivity contribution in [3.8, 4) is 11.1 Å². The van der Waals surface area contributed by atoms with E-state index in [1.165, 1.54) is 0 Å². The van der Waals surface area contributed by atoms with Crippen molar-refractivity contribution in [2.45, 2.75) is 19.8 Å². The van der Waals surface area contributed by atoms with Crippen molar-refractivity contribution in [1.82, 2.24) is 14.7 Å². The van der Waals surface area contributed by atoms with Crippen LogP contribution in [-0.2, 0) is 11.2 Å². The maximum Gasteiger partial charge on any atom is 0.253 e. The number of carbonyl (C=O) groups is 2. The summed E-state index contributed by atoms with van der Waals surface area (Å²) in [6.45, 7) is 6.18. The van der Waals surface area contributed by atoms with E-state index in [-0.39, 0.29) is 11.8 Å². The van der Waals surface area contributed by atoms with Crippen LogP contribution in [0.1, 0.15) is 29.3 Å².